The minimum Gasteiger partial charge on any atom is -0.322 e. The zero-order valence-corrected chi connectivity index (χ0v) is 17.1. The first-order chi connectivity index (χ1) is 11.6. The third-order valence-corrected chi connectivity index (χ3v) is 6.70. The summed E-state index contributed by atoms with van der Waals surface area (Å²) in [6.45, 7) is 9.92. The highest BCUT2D eigenvalue weighted by Gasteiger charge is 2.26. The van der Waals surface area contributed by atoms with Gasteiger partial charge in [-0.15, -0.1) is 0 Å². The molecule has 1 unspecified atom stereocenters. The summed E-state index contributed by atoms with van der Waals surface area (Å²) in [5.74, 6) is 0.995. The first-order valence-electron chi connectivity index (χ1n) is 9.77. The van der Waals surface area contributed by atoms with Crippen molar-refractivity contribution >= 4 is 8.53 Å². The van der Waals surface area contributed by atoms with E-state index in [1.807, 2.05) is 0 Å². The molecule has 1 aliphatic carbocycles. The predicted molar refractivity (Wildman–Crippen MR) is 102 cm³/mol. The normalized spacial score (nSPS) is 17.1. The van der Waals surface area contributed by atoms with Gasteiger partial charge in [0.15, 0.2) is 0 Å². The van der Waals surface area contributed by atoms with Crippen molar-refractivity contribution in [2.75, 3.05) is 13.2 Å². The maximum absolute atomic E-state index is 8.72. The number of hydrogen-bond donors (Lipinski definition) is 0. The standard InChI is InChI=1S/C19H37N2O2P/c1-17(2)21(18(3)4)24(23-16-10-14-20)22-15-9-5-6-11-19-12-7-8-13-19/h17-19H,5-13,15-16H2,1-4H3. The van der Waals surface area contributed by atoms with Gasteiger partial charge in [0, 0.05) is 12.1 Å². The molecule has 0 aromatic carbocycles. The fourth-order valence-corrected chi connectivity index (χ4v) is 5.10. The molecule has 140 valence electrons. The van der Waals surface area contributed by atoms with Crippen LogP contribution < -0.4 is 0 Å². The molecule has 0 radical (unpaired) electrons. The lowest BCUT2D eigenvalue weighted by atomic mass is 10.0. The van der Waals surface area contributed by atoms with Gasteiger partial charge in [-0.05, 0) is 40.0 Å². The molecule has 5 heteroatoms. The molecule has 1 saturated carbocycles. The average molecular weight is 356 g/mol. The Balaban J connectivity index is 2.27. The van der Waals surface area contributed by atoms with Crippen molar-refractivity contribution < 1.29 is 9.05 Å². The van der Waals surface area contributed by atoms with E-state index in [0.29, 0.717) is 25.1 Å². The van der Waals surface area contributed by atoms with Crippen LogP contribution in [0.2, 0.25) is 0 Å². The Morgan fingerprint density at radius 2 is 1.62 bits per heavy atom. The zero-order chi connectivity index (χ0) is 17.8. The Morgan fingerprint density at radius 1 is 1.00 bits per heavy atom. The summed E-state index contributed by atoms with van der Waals surface area (Å²) in [5.41, 5.74) is 0. The Morgan fingerprint density at radius 3 is 2.21 bits per heavy atom. The molecule has 1 atom stereocenters. The van der Waals surface area contributed by atoms with Crippen molar-refractivity contribution in [3.8, 4) is 6.07 Å². The van der Waals surface area contributed by atoms with Gasteiger partial charge < -0.3 is 9.05 Å². The van der Waals surface area contributed by atoms with Crippen LogP contribution in [-0.2, 0) is 9.05 Å². The molecule has 1 rings (SSSR count). The summed E-state index contributed by atoms with van der Waals surface area (Å²) >= 11 is 0. The summed E-state index contributed by atoms with van der Waals surface area (Å²) < 4.78 is 14.3. The Kier molecular flexibility index (Phi) is 11.9. The summed E-state index contributed by atoms with van der Waals surface area (Å²) in [4.78, 5) is 0. The van der Waals surface area contributed by atoms with Crippen molar-refractivity contribution in [3.63, 3.8) is 0 Å². The van der Waals surface area contributed by atoms with E-state index in [1.165, 1.54) is 44.9 Å². The molecule has 0 heterocycles. The van der Waals surface area contributed by atoms with E-state index in [0.717, 1.165) is 18.9 Å². The summed E-state index contributed by atoms with van der Waals surface area (Å²) in [5, 5.41) is 8.72. The van der Waals surface area contributed by atoms with Crippen molar-refractivity contribution in [1.82, 2.24) is 4.67 Å². The van der Waals surface area contributed by atoms with Gasteiger partial charge in [0.2, 0.25) is 0 Å². The minimum absolute atomic E-state index is 0.376. The van der Waals surface area contributed by atoms with Gasteiger partial charge in [-0.2, -0.15) is 5.26 Å². The molecule has 0 aromatic heterocycles. The Hall–Kier alpha value is -0.200. The third-order valence-electron chi connectivity index (χ3n) is 4.60. The molecule has 0 amide bonds. The van der Waals surface area contributed by atoms with Gasteiger partial charge in [0.25, 0.3) is 8.53 Å². The summed E-state index contributed by atoms with van der Waals surface area (Å²) in [6.07, 6.45) is 11.3. The second kappa shape index (κ2) is 13.1. The second-order valence-corrected chi connectivity index (χ2v) is 8.83. The number of hydrogen-bond acceptors (Lipinski definition) is 4. The lowest BCUT2D eigenvalue weighted by molar-refractivity contribution is 0.174. The molecular weight excluding hydrogens is 319 g/mol. The van der Waals surface area contributed by atoms with Crippen molar-refractivity contribution in [2.24, 2.45) is 5.92 Å². The maximum Gasteiger partial charge on any atom is 0.259 e. The highest BCUT2D eigenvalue weighted by molar-refractivity contribution is 7.44. The lowest BCUT2D eigenvalue weighted by Crippen LogP contribution is -2.33. The number of rotatable bonds is 13. The molecular formula is C19H37N2O2P. The van der Waals surface area contributed by atoms with Crippen LogP contribution in [0.5, 0.6) is 0 Å². The predicted octanol–water partition coefficient (Wildman–Crippen LogP) is 6.03. The second-order valence-electron chi connectivity index (χ2n) is 7.38. The molecule has 0 bridgehead atoms. The van der Waals surface area contributed by atoms with Gasteiger partial charge in [0.05, 0.1) is 25.7 Å². The molecule has 24 heavy (non-hydrogen) atoms. The molecule has 4 nitrogen and oxygen atoms in total. The van der Waals surface area contributed by atoms with Crippen molar-refractivity contribution in [2.45, 2.75) is 97.6 Å². The van der Waals surface area contributed by atoms with E-state index in [9.17, 15) is 0 Å². The third kappa shape index (κ3) is 8.77. The van der Waals surface area contributed by atoms with Crippen LogP contribution in [0.25, 0.3) is 0 Å². The van der Waals surface area contributed by atoms with Gasteiger partial charge >= 0.3 is 0 Å². The monoisotopic (exact) mass is 356 g/mol. The van der Waals surface area contributed by atoms with Crippen LogP contribution in [0, 0.1) is 17.2 Å². The largest absolute Gasteiger partial charge is 0.322 e. The molecule has 0 saturated heterocycles. The number of unbranched alkanes of at least 4 members (excludes halogenated alkanes) is 2. The summed E-state index contributed by atoms with van der Waals surface area (Å²) in [7, 11) is -1.06. The Labute approximate surface area is 150 Å². The first kappa shape index (κ1) is 21.8. The fourth-order valence-electron chi connectivity index (χ4n) is 3.47. The van der Waals surface area contributed by atoms with Crippen molar-refractivity contribution in [1.29, 1.82) is 5.26 Å². The van der Waals surface area contributed by atoms with Gasteiger partial charge in [-0.25, -0.2) is 4.67 Å². The maximum atomic E-state index is 8.72. The zero-order valence-electron chi connectivity index (χ0n) is 16.2. The lowest BCUT2D eigenvalue weighted by Gasteiger charge is -2.35. The Bertz CT molecular complexity index is 344. The minimum atomic E-state index is -1.06. The van der Waals surface area contributed by atoms with Gasteiger partial charge in [-0.1, -0.05) is 44.9 Å². The highest BCUT2D eigenvalue weighted by Crippen LogP contribution is 2.46. The molecule has 0 spiro atoms. The molecule has 1 fully saturated rings. The first-order valence-corrected chi connectivity index (χ1v) is 10.9. The van der Waals surface area contributed by atoms with Gasteiger partial charge in [-0.3, -0.25) is 0 Å². The van der Waals surface area contributed by atoms with Crippen LogP contribution in [0.3, 0.4) is 0 Å². The molecule has 0 aliphatic heterocycles. The van der Waals surface area contributed by atoms with E-state index in [-0.39, 0.29) is 0 Å². The van der Waals surface area contributed by atoms with E-state index in [2.05, 4.69) is 38.4 Å². The van der Waals surface area contributed by atoms with Crippen LogP contribution in [0.4, 0.5) is 0 Å². The SMILES string of the molecule is CC(C)N(C(C)C)P(OCCC#N)OCCCCCC1CCCC1. The molecule has 0 aromatic rings. The molecule has 0 N–H and O–H groups in total. The summed E-state index contributed by atoms with van der Waals surface area (Å²) in [6, 6.07) is 2.89. The van der Waals surface area contributed by atoms with Crippen molar-refractivity contribution in [3.05, 3.63) is 0 Å². The van der Waals surface area contributed by atoms with Gasteiger partial charge in [0.1, 0.15) is 0 Å². The smallest absolute Gasteiger partial charge is 0.259 e. The van der Waals surface area contributed by atoms with E-state index < -0.39 is 8.53 Å². The van der Waals surface area contributed by atoms with Crippen LogP contribution >= 0.6 is 8.53 Å². The highest BCUT2D eigenvalue weighted by atomic mass is 31.2. The fraction of sp³-hybridized carbons (Fsp3) is 0.947. The van der Waals surface area contributed by atoms with Crippen LogP contribution in [0.1, 0.15) is 85.5 Å². The van der Waals surface area contributed by atoms with Crippen LogP contribution in [0.15, 0.2) is 0 Å². The van der Waals surface area contributed by atoms with Crippen LogP contribution in [-0.4, -0.2) is 30.0 Å². The molecule has 1 aliphatic rings. The van der Waals surface area contributed by atoms with E-state index in [1.54, 1.807) is 0 Å². The number of nitrogens with zero attached hydrogens (tertiary/aromatic N) is 2. The van der Waals surface area contributed by atoms with E-state index >= 15 is 0 Å². The number of nitriles is 1. The van der Waals surface area contributed by atoms with E-state index in [4.69, 9.17) is 14.3 Å². The quantitative estimate of drug-likeness (QED) is 0.298. The topological polar surface area (TPSA) is 45.5 Å². The average Bonchev–Trinajstić information content (AvgIpc) is 3.03.